The van der Waals surface area contributed by atoms with E-state index in [9.17, 15) is 14.9 Å². The van der Waals surface area contributed by atoms with Gasteiger partial charge in [-0.15, -0.1) is 0 Å². The summed E-state index contributed by atoms with van der Waals surface area (Å²) in [6, 6.07) is 4.84. The molecule has 1 fully saturated rings. The topological polar surface area (TPSA) is 123 Å². The van der Waals surface area contributed by atoms with Crippen LogP contribution in [0, 0.1) is 16.0 Å². The van der Waals surface area contributed by atoms with E-state index in [1.165, 1.54) is 12.5 Å². The summed E-state index contributed by atoms with van der Waals surface area (Å²) in [4.78, 5) is 33.3. The van der Waals surface area contributed by atoms with Crippen LogP contribution < -0.4 is 9.64 Å². The van der Waals surface area contributed by atoms with E-state index >= 15 is 0 Å². The van der Waals surface area contributed by atoms with Gasteiger partial charge in [-0.05, 0) is 38.0 Å². The normalized spacial score (nSPS) is 14.4. The highest BCUT2D eigenvalue weighted by Gasteiger charge is 2.33. The number of carbonyl (C=O) groups is 1. The monoisotopic (exact) mass is 476 g/mol. The smallest absolute Gasteiger partial charge is 0.373 e. The van der Waals surface area contributed by atoms with Gasteiger partial charge in [0.2, 0.25) is 5.82 Å². The van der Waals surface area contributed by atoms with Crippen LogP contribution in [-0.2, 0) is 9.53 Å². The van der Waals surface area contributed by atoms with Gasteiger partial charge in [0.25, 0.3) is 0 Å². The largest absolute Gasteiger partial charge is 0.466 e. The van der Waals surface area contributed by atoms with Crippen LogP contribution in [0.4, 0.5) is 11.5 Å². The fourth-order valence-corrected chi connectivity index (χ4v) is 3.58. The molecule has 11 nitrogen and oxygen atoms in total. The molecule has 2 heterocycles. The van der Waals surface area contributed by atoms with Crippen LogP contribution in [0.5, 0.6) is 11.6 Å². The number of anilines is 1. The Morgan fingerprint density at radius 2 is 2.09 bits per heavy atom. The molecule has 0 amide bonds. The highest BCUT2D eigenvalue weighted by Crippen LogP contribution is 2.38. The minimum atomic E-state index is -0.564. The highest BCUT2D eigenvalue weighted by atomic mass is 35.5. The molecule has 0 N–H and O–H groups in total. The second kappa shape index (κ2) is 10.9. The van der Waals surface area contributed by atoms with Crippen molar-refractivity contribution in [3.63, 3.8) is 0 Å². The molecule has 12 heteroatoms. The van der Waals surface area contributed by atoms with Crippen molar-refractivity contribution in [3.8, 4) is 11.6 Å². The summed E-state index contributed by atoms with van der Waals surface area (Å²) in [5.41, 5.74) is 0.179. The third-order valence-electron chi connectivity index (χ3n) is 4.97. The zero-order chi connectivity index (χ0) is 24.0. The molecule has 0 bridgehead atoms. The molecule has 0 aliphatic carbocycles. The first-order chi connectivity index (χ1) is 15.8. The average Bonchev–Trinajstić information content (AvgIpc) is 2.79. The highest BCUT2D eigenvalue weighted by molar-refractivity contribution is 6.30. The van der Waals surface area contributed by atoms with E-state index < -0.39 is 4.92 Å². The maximum atomic E-state index is 12.0. The molecule has 1 aliphatic rings. The van der Waals surface area contributed by atoms with Gasteiger partial charge in [0.15, 0.2) is 0 Å². The molecule has 0 unspecified atom stereocenters. The van der Waals surface area contributed by atoms with Crippen LogP contribution in [0.3, 0.4) is 0 Å². The lowest BCUT2D eigenvalue weighted by Gasteiger charge is -2.31. The zero-order valence-corrected chi connectivity index (χ0v) is 19.4. The lowest BCUT2D eigenvalue weighted by molar-refractivity contribution is -0.385. The van der Waals surface area contributed by atoms with Crippen molar-refractivity contribution in [3.05, 3.63) is 45.2 Å². The van der Waals surface area contributed by atoms with Crippen LogP contribution >= 0.6 is 11.6 Å². The van der Waals surface area contributed by atoms with Gasteiger partial charge < -0.3 is 19.4 Å². The number of ether oxygens (including phenoxy) is 2. The quantitative estimate of drug-likeness (QED) is 0.243. The number of carbonyl (C=O) groups excluding carboxylic acids is 1. The van der Waals surface area contributed by atoms with Crippen molar-refractivity contribution in [1.82, 2.24) is 15.0 Å². The van der Waals surface area contributed by atoms with Gasteiger partial charge in [0.1, 0.15) is 12.1 Å². The van der Waals surface area contributed by atoms with Crippen LogP contribution in [0.1, 0.15) is 25.3 Å². The first-order valence-corrected chi connectivity index (χ1v) is 10.8. The summed E-state index contributed by atoms with van der Waals surface area (Å²) in [5.74, 6) is -0.221. The molecule has 1 aromatic carbocycles. The van der Waals surface area contributed by atoms with E-state index in [-0.39, 0.29) is 29.3 Å². The number of esters is 1. The van der Waals surface area contributed by atoms with Crippen molar-refractivity contribution in [2.45, 2.75) is 19.8 Å². The van der Waals surface area contributed by atoms with Gasteiger partial charge in [0, 0.05) is 37.8 Å². The molecular weight excluding hydrogens is 452 g/mol. The summed E-state index contributed by atoms with van der Waals surface area (Å²) < 4.78 is 10.9. The Hall–Kier alpha value is -3.47. The second-order valence-corrected chi connectivity index (χ2v) is 7.93. The number of benzene rings is 1. The molecule has 33 heavy (non-hydrogen) atoms. The summed E-state index contributed by atoms with van der Waals surface area (Å²) in [6.07, 6.45) is 3.78. The fraction of sp³-hybridized carbons (Fsp3) is 0.429. The second-order valence-electron chi connectivity index (χ2n) is 7.50. The first kappa shape index (κ1) is 24.2. The minimum absolute atomic E-state index is 0.143. The Morgan fingerprint density at radius 3 is 2.73 bits per heavy atom. The van der Waals surface area contributed by atoms with Gasteiger partial charge in [-0.1, -0.05) is 11.6 Å². The van der Waals surface area contributed by atoms with Gasteiger partial charge in [-0.2, -0.15) is 10.1 Å². The third-order valence-corrected chi connectivity index (χ3v) is 5.21. The van der Waals surface area contributed by atoms with E-state index in [0.29, 0.717) is 48.9 Å². The number of piperidine rings is 1. The standard InChI is InChI=1S/C21H25ClN6O5/c1-4-32-21(29)14-7-9-27(10-8-14)19-18(28(30)31)20(24-13-23-19)33-17-6-5-16(22)11-15(17)12-25-26(2)3/h5-6,11-14H,4,7-10H2,1-3H3/b25-12+. The molecule has 0 radical (unpaired) electrons. The predicted octanol–water partition coefficient (Wildman–Crippen LogP) is 3.51. The number of nitrogens with zero attached hydrogens (tertiary/aromatic N) is 6. The summed E-state index contributed by atoms with van der Waals surface area (Å²) in [7, 11) is 3.52. The molecule has 1 aliphatic heterocycles. The van der Waals surface area contributed by atoms with E-state index in [4.69, 9.17) is 21.1 Å². The molecule has 0 saturated carbocycles. The number of hydrogen-bond acceptors (Lipinski definition) is 10. The molecule has 0 spiro atoms. The number of nitro groups is 1. The number of hydrazone groups is 1. The predicted molar refractivity (Wildman–Crippen MR) is 123 cm³/mol. The van der Waals surface area contributed by atoms with Crippen molar-refractivity contribution >= 4 is 35.3 Å². The first-order valence-electron chi connectivity index (χ1n) is 10.4. The minimum Gasteiger partial charge on any atom is -0.466 e. The van der Waals surface area contributed by atoms with Gasteiger partial charge in [0.05, 0.1) is 23.7 Å². The van der Waals surface area contributed by atoms with Crippen LogP contribution in [0.15, 0.2) is 29.6 Å². The molecule has 1 aromatic heterocycles. The Labute approximate surface area is 196 Å². The van der Waals surface area contributed by atoms with Crippen LogP contribution in [0.2, 0.25) is 5.02 Å². The number of halogens is 1. The molecular formula is C21H25ClN6O5. The summed E-state index contributed by atoms with van der Waals surface area (Å²) in [5, 5.41) is 18.2. The van der Waals surface area contributed by atoms with E-state index in [2.05, 4.69) is 15.1 Å². The zero-order valence-electron chi connectivity index (χ0n) is 18.6. The fourth-order valence-electron chi connectivity index (χ4n) is 3.40. The van der Waals surface area contributed by atoms with Gasteiger partial charge >= 0.3 is 17.5 Å². The molecule has 1 saturated heterocycles. The SMILES string of the molecule is CCOC(=O)C1CCN(c2ncnc(Oc3ccc(Cl)cc3/C=N/N(C)C)c2[N+](=O)[O-])CC1. The molecule has 3 rings (SSSR count). The average molecular weight is 477 g/mol. The van der Waals surface area contributed by atoms with Crippen molar-refractivity contribution in [2.24, 2.45) is 11.0 Å². The Balaban J connectivity index is 1.88. The van der Waals surface area contributed by atoms with E-state index in [0.717, 1.165) is 0 Å². The summed E-state index contributed by atoms with van der Waals surface area (Å²) in [6.45, 7) is 2.92. The molecule has 176 valence electrons. The number of hydrogen-bond donors (Lipinski definition) is 0. The van der Waals surface area contributed by atoms with Crippen LogP contribution in [0.25, 0.3) is 0 Å². The lowest BCUT2D eigenvalue weighted by atomic mass is 9.97. The lowest BCUT2D eigenvalue weighted by Crippen LogP contribution is -2.37. The number of rotatable bonds is 8. The van der Waals surface area contributed by atoms with Crippen molar-refractivity contribution < 1.29 is 19.2 Å². The van der Waals surface area contributed by atoms with E-state index in [1.54, 1.807) is 49.1 Å². The van der Waals surface area contributed by atoms with Gasteiger partial charge in [-0.25, -0.2) is 4.98 Å². The van der Waals surface area contributed by atoms with Crippen molar-refractivity contribution in [1.29, 1.82) is 0 Å². The maximum Gasteiger partial charge on any atom is 0.373 e. The maximum absolute atomic E-state index is 12.0. The Bertz CT molecular complexity index is 1040. The molecule has 0 atom stereocenters. The number of aromatic nitrogens is 2. The summed E-state index contributed by atoms with van der Waals surface area (Å²) >= 11 is 6.09. The Kier molecular flexibility index (Phi) is 7.99. The van der Waals surface area contributed by atoms with Crippen LogP contribution in [-0.4, -0.2) is 65.9 Å². The van der Waals surface area contributed by atoms with Gasteiger partial charge in [-0.3, -0.25) is 14.9 Å². The molecule has 2 aromatic rings. The van der Waals surface area contributed by atoms with E-state index in [1.807, 2.05) is 0 Å². The van der Waals surface area contributed by atoms with Crippen molar-refractivity contribution in [2.75, 3.05) is 38.7 Å². The Morgan fingerprint density at radius 1 is 1.36 bits per heavy atom. The third kappa shape index (κ3) is 6.07.